The minimum atomic E-state index is -0.354. The van der Waals surface area contributed by atoms with Crippen LogP contribution in [0.25, 0.3) is 0 Å². The Hall–Kier alpha value is -1.06. The zero-order chi connectivity index (χ0) is 12.4. The van der Waals surface area contributed by atoms with Gasteiger partial charge in [-0.2, -0.15) is 0 Å². The minimum Gasteiger partial charge on any atom is -0.343 e. The Bertz CT molecular complexity index is 311. The summed E-state index contributed by atoms with van der Waals surface area (Å²) < 4.78 is 0. The van der Waals surface area contributed by atoms with Gasteiger partial charge in [-0.05, 0) is 26.2 Å². The lowest BCUT2D eigenvalue weighted by Crippen LogP contribution is -2.65. The molecule has 1 N–H and O–H groups in total. The molecule has 1 aliphatic heterocycles. The maximum atomic E-state index is 12.3. The van der Waals surface area contributed by atoms with Gasteiger partial charge in [0.1, 0.15) is 12.1 Å². The van der Waals surface area contributed by atoms with Gasteiger partial charge in [0.15, 0.2) is 0 Å². The third-order valence-electron chi connectivity index (χ3n) is 3.98. The van der Waals surface area contributed by atoms with Gasteiger partial charge in [-0.15, -0.1) is 0 Å². The van der Waals surface area contributed by atoms with E-state index < -0.39 is 0 Å². The number of carbonyl (C=O) groups is 2. The van der Waals surface area contributed by atoms with Crippen LogP contribution in [-0.2, 0) is 9.59 Å². The third-order valence-corrected chi connectivity index (χ3v) is 3.98. The molecule has 0 bridgehead atoms. The van der Waals surface area contributed by atoms with Crippen LogP contribution in [0.1, 0.15) is 52.4 Å². The quantitative estimate of drug-likeness (QED) is 0.791. The predicted octanol–water partition coefficient (Wildman–Crippen LogP) is 1.44. The van der Waals surface area contributed by atoms with E-state index in [1.54, 1.807) is 6.92 Å². The second kappa shape index (κ2) is 5.07. The molecule has 2 fully saturated rings. The van der Waals surface area contributed by atoms with Crippen LogP contribution in [0.3, 0.4) is 0 Å². The number of nitrogens with zero attached hydrogens (tertiary/aromatic N) is 1. The van der Waals surface area contributed by atoms with Gasteiger partial charge in [-0.3, -0.25) is 9.59 Å². The van der Waals surface area contributed by atoms with Crippen molar-refractivity contribution in [1.29, 1.82) is 0 Å². The summed E-state index contributed by atoms with van der Waals surface area (Å²) in [5.74, 6) is 0.119. The van der Waals surface area contributed by atoms with Crippen molar-refractivity contribution in [2.24, 2.45) is 0 Å². The average molecular weight is 238 g/mol. The molecule has 0 radical (unpaired) electrons. The molecule has 2 aliphatic rings. The Labute approximate surface area is 103 Å². The summed E-state index contributed by atoms with van der Waals surface area (Å²) in [6, 6.07) is -0.316. The Morgan fingerprint density at radius 2 is 1.88 bits per heavy atom. The van der Waals surface area contributed by atoms with Crippen LogP contribution in [0.4, 0.5) is 0 Å². The van der Waals surface area contributed by atoms with E-state index >= 15 is 0 Å². The standard InChI is InChI=1S/C13H22N2O2/c1-3-11-12(16)14-9(2)13(17)15(11)10-7-5-4-6-8-10/h9-11H,3-8H2,1-2H3,(H,14,16). The van der Waals surface area contributed by atoms with Crippen LogP contribution in [-0.4, -0.2) is 34.8 Å². The van der Waals surface area contributed by atoms with Gasteiger partial charge in [0, 0.05) is 6.04 Å². The topological polar surface area (TPSA) is 49.4 Å². The van der Waals surface area contributed by atoms with Gasteiger partial charge >= 0.3 is 0 Å². The zero-order valence-corrected chi connectivity index (χ0v) is 10.7. The van der Waals surface area contributed by atoms with Crippen LogP contribution < -0.4 is 5.32 Å². The highest BCUT2D eigenvalue weighted by molar-refractivity contribution is 5.96. The molecule has 4 nitrogen and oxygen atoms in total. The summed E-state index contributed by atoms with van der Waals surface area (Å²) in [6.45, 7) is 3.76. The number of hydrogen-bond acceptors (Lipinski definition) is 2. The van der Waals surface area contributed by atoms with E-state index in [2.05, 4.69) is 5.32 Å². The van der Waals surface area contributed by atoms with E-state index in [0.717, 1.165) is 12.8 Å². The molecule has 2 rings (SSSR count). The number of amides is 2. The van der Waals surface area contributed by atoms with Gasteiger partial charge in [-0.1, -0.05) is 26.2 Å². The monoisotopic (exact) mass is 238 g/mol. The SMILES string of the molecule is CCC1C(=O)NC(C)C(=O)N1C1CCCCC1. The van der Waals surface area contributed by atoms with Crippen LogP contribution >= 0.6 is 0 Å². The van der Waals surface area contributed by atoms with Crippen molar-refractivity contribution in [1.82, 2.24) is 10.2 Å². The number of rotatable bonds is 2. The summed E-state index contributed by atoms with van der Waals surface area (Å²) >= 11 is 0. The summed E-state index contributed by atoms with van der Waals surface area (Å²) in [5, 5.41) is 2.77. The van der Waals surface area contributed by atoms with Crippen molar-refractivity contribution in [2.45, 2.75) is 70.5 Å². The van der Waals surface area contributed by atoms with Crippen LogP contribution in [0, 0.1) is 0 Å². The van der Waals surface area contributed by atoms with Crippen molar-refractivity contribution in [3.8, 4) is 0 Å². The first kappa shape index (κ1) is 12.4. The van der Waals surface area contributed by atoms with Gasteiger partial charge < -0.3 is 10.2 Å². The maximum absolute atomic E-state index is 12.3. The van der Waals surface area contributed by atoms with E-state index in [1.165, 1.54) is 19.3 Å². The third kappa shape index (κ3) is 2.31. The summed E-state index contributed by atoms with van der Waals surface area (Å²) in [7, 11) is 0. The largest absolute Gasteiger partial charge is 0.343 e. The van der Waals surface area contributed by atoms with E-state index in [0.29, 0.717) is 6.42 Å². The molecule has 96 valence electrons. The van der Waals surface area contributed by atoms with Crippen LogP contribution in [0.15, 0.2) is 0 Å². The average Bonchev–Trinajstić information content (AvgIpc) is 2.34. The number of piperazine rings is 1. The second-order valence-electron chi connectivity index (χ2n) is 5.19. The first-order valence-corrected chi connectivity index (χ1v) is 6.77. The molecule has 2 atom stereocenters. The molecule has 0 aromatic carbocycles. The fourth-order valence-corrected chi connectivity index (χ4v) is 3.05. The Morgan fingerprint density at radius 3 is 2.47 bits per heavy atom. The van der Waals surface area contributed by atoms with Crippen molar-refractivity contribution < 1.29 is 9.59 Å². The highest BCUT2D eigenvalue weighted by Crippen LogP contribution is 2.27. The second-order valence-corrected chi connectivity index (χ2v) is 5.19. The normalized spacial score (nSPS) is 31.5. The lowest BCUT2D eigenvalue weighted by atomic mass is 9.91. The molecule has 1 saturated carbocycles. The van der Waals surface area contributed by atoms with Crippen molar-refractivity contribution in [3.63, 3.8) is 0 Å². The molecule has 1 aliphatic carbocycles. The summed E-state index contributed by atoms with van der Waals surface area (Å²) in [5.41, 5.74) is 0. The molecule has 1 heterocycles. The van der Waals surface area contributed by atoms with Gasteiger partial charge in [0.05, 0.1) is 0 Å². The van der Waals surface area contributed by atoms with Gasteiger partial charge in [-0.25, -0.2) is 0 Å². The highest BCUT2D eigenvalue weighted by atomic mass is 16.2. The molecule has 0 aromatic rings. The molecule has 0 spiro atoms. The van der Waals surface area contributed by atoms with E-state index in [1.807, 2.05) is 11.8 Å². The molecule has 4 heteroatoms. The predicted molar refractivity (Wildman–Crippen MR) is 65.4 cm³/mol. The van der Waals surface area contributed by atoms with Crippen molar-refractivity contribution >= 4 is 11.8 Å². The van der Waals surface area contributed by atoms with Crippen molar-refractivity contribution in [2.75, 3.05) is 0 Å². The zero-order valence-electron chi connectivity index (χ0n) is 10.7. The molecule has 2 amide bonds. The Kier molecular flexibility index (Phi) is 3.69. The number of hydrogen-bond donors (Lipinski definition) is 1. The lowest BCUT2D eigenvalue weighted by molar-refractivity contribution is -0.152. The maximum Gasteiger partial charge on any atom is 0.245 e. The smallest absolute Gasteiger partial charge is 0.245 e. The number of carbonyl (C=O) groups excluding carboxylic acids is 2. The first-order chi connectivity index (χ1) is 8.15. The van der Waals surface area contributed by atoms with Crippen LogP contribution in [0.2, 0.25) is 0 Å². The molecule has 17 heavy (non-hydrogen) atoms. The lowest BCUT2D eigenvalue weighted by Gasteiger charge is -2.43. The molecular formula is C13H22N2O2. The summed E-state index contributed by atoms with van der Waals surface area (Å²) in [6.07, 6.45) is 6.45. The minimum absolute atomic E-state index is 0.0187. The summed E-state index contributed by atoms with van der Waals surface area (Å²) in [4.78, 5) is 26.1. The van der Waals surface area contributed by atoms with Gasteiger partial charge in [0.25, 0.3) is 0 Å². The van der Waals surface area contributed by atoms with Crippen LogP contribution in [0.5, 0.6) is 0 Å². The van der Waals surface area contributed by atoms with Gasteiger partial charge in [0.2, 0.25) is 11.8 Å². The fourth-order valence-electron chi connectivity index (χ4n) is 3.05. The van der Waals surface area contributed by atoms with E-state index in [4.69, 9.17) is 0 Å². The Morgan fingerprint density at radius 1 is 1.24 bits per heavy atom. The molecule has 1 saturated heterocycles. The van der Waals surface area contributed by atoms with Crippen molar-refractivity contribution in [3.05, 3.63) is 0 Å². The molecular weight excluding hydrogens is 216 g/mol. The number of nitrogens with one attached hydrogen (secondary N) is 1. The molecule has 2 unspecified atom stereocenters. The molecule has 0 aromatic heterocycles. The Balaban J connectivity index is 2.18. The fraction of sp³-hybridized carbons (Fsp3) is 0.846. The van der Waals surface area contributed by atoms with E-state index in [-0.39, 0.29) is 29.9 Å². The van der Waals surface area contributed by atoms with E-state index in [9.17, 15) is 9.59 Å². The first-order valence-electron chi connectivity index (χ1n) is 6.77. The highest BCUT2D eigenvalue weighted by Gasteiger charge is 2.41.